The summed E-state index contributed by atoms with van der Waals surface area (Å²) in [5, 5.41) is 10.2. The van der Waals surface area contributed by atoms with Crippen molar-refractivity contribution in [3.63, 3.8) is 0 Å². The van der Waals surface area contributed by atoms with E-state index in [2.05, 4.69) is 5.32 Å². The van der Waals surface area contributed by atoms with E-state index in [1.165, 1.54) is 29.5 Å². The average Bonchev–Trinajstić information content (AvgIpc) is 3.34. The summed E-state index contributed by atoms with van der Waals surface area (Å²) < 4.78 is 36.7. The van der Waals surface area contributed by atoms with Gasteiger partial charge < -0.3 is 10.2 Å². The summed E-state index contributed by atoms with van der Waals surface area (Å²) in [7, 11) is -3.78. The lowest BCUT2D eigenvalue weighted by Gasteiger charge is -2.26. The van der Waals surface area contributed by atoms with Crippen LogP contribution in [0.15, 0.2) is 64.9 Å². The summed E-state index contributed by atoms with van der Waals surface area (Å²) in [5.74, 6) is -0.515. The molecule has 0 spiro atoms. The van der Waals surface area contributed by atoms with Gasteiger partial charge in [-0.2, -0.15) is 0 Å². The van der Waals surface area contributed by atoms with E-state index in [9.17, 15) is 17.6 Å². The number of hydrogen-bond acceptors (Lipinski definition) is 5. The maximum atomic E-state index is 13.4. The molecule has 0 radical (unpaired) electrons. The molecular formula is C22H22FN3O3S2. The minimum absolute atomic E-state index is 0.0301. The van der Waals surface area contributed by atoms with Gasteiger partial charge in [-0.1, -0.05) is 18.2 Å². The van der Waals surface area contributed by atoms with Crippen molar-refractivity contribution in [3.05, 3.63) is 81.8 Å². The Hall–Kier alpha value is -2.75. The largest absolute Gasteiger partial charge is 0.359 e. The third-order valence-corrected chi connectivity index (χ3v) is 7.23. The summed E-state index contributed by atoms with van der Waals surface area (Å²) in [6.45, 7) is 2.10. The lowest BCUT2D eigenvalue weighted by molar-refractivity contribution is -0.120. The van der Waals surface area contributed by atoms with Gasteiger partial charge in [-0.3, -0.25) is 4.79 Å². The van der Waals surface area contributed by atoms with Crippen molar-refractivity contribution in [1.29, 1.82) is 0 Å². The van der Waals surface area contributed by atoms with Crippen molar-refractivity contribution >= 4 is 33.0 Å². The Morgan fingerprint density at radius 2 is 2.00 bits per heavy atom. The number of nitrogens with two attached hydrogens (primary N) is 1. The molecule has 9 heteroatoms. The van der Waals surface area contributed by atoms with Crippen LogP contribution >= 0.6 is 11.3 Å². The number of fused-ring (bicyclic) bond motifs is 1. The first-order valence-electron chi connectivity index (χ1n) is 9.73. The number of thiophene rings is 1. The van der Waals surface area contributed by atoms with E-state index < -0.39 is 10.0 Å². The molecule has 0 unspecified atom stereocenters. The third kappa shape index (κ3) is 4.63. The molecule has 162 valence electrons. The molecule has 0 aliphatic carbocycles. The zero-order valence-corrected chi connectivity index (χ0v) is 18.4. The predicted octanol–water partition coefficient (Wildman–Crippen LogP) is 3.19. The number of nitrogens with zero attached hydrogens (tertiary/aromatic N) is 1. The first-order valence-corrected chi connectivity index (χ1v) is 12.2. The van der Waals surface area contributed by atoms with Gasteiger partial charge in [-0.25, -0.2) is 17.9 Å². The molecule has 31 heavy (non-hydrogen) atoms. The van der Waals surface area contributed by atoms with Gasteiger partial charge in [0.1, 0.15) is 5.82 Å². The second-order valence-corrected chi connectivity index (χ2v) is 10.1. The van der Waals surface area contributed by atoms with Crippen LogP contribution in [0.2, 0.25) is 0 Å². The molecule has 0 saturated carbocycles. The summed E-state index contributed by atoms with van der Waals surface area (Å²) in [6.07, 6.45) is 0.623. The van der Waals surface area contributed by atoms with E-state index in [0.29, 0.717) is 6.42 Å². The van der Waals surface area contributed by atoms with Gasteiger partial charge in [0, 0.05) is 16.6 Å². The first kappa shape index (κ1) is 21.5. The van der Waals surface area contributed by atoms with Crippen molar-refractivity contribution < 1.29 is 17.6 Å². The summed E-state index contributed by atoms with van der Waals surface area (Å²) in [4.78, 5) is 16.0. The first-order chi connectivity index (χ1) is 14.7. The Morgan fingerprint density at radius 1 is 1.26 bits per heavy atom. The maximum Gasteiger partial charge on any atom is 0.240 e. The molecule has 3 N–H and O–H groups in total. The Labute approximate surface area is 184 Å². The molecule has 1 aliphatic heterocycles. The third-order valence-electron chi connectivity index (χ3n) is 5.39. The Kier molecular flexibility index (Phi) is 5.83. The van der Waals surface area contributed by atoms with E-state index in [4.69, 9.17) is 5.14 Å². The number of benzene rings is 2. The van der Waals surface area contributed by atoms with Gasteiger partial charge in [-0.15, -0.1) is 11.3 Å². The molecule has 1 amide bonds. The molecule has 1 aliphatic rings. The van der Waals surface area contributed by atoms with Crippen LogP contribution in [0.3, 0.4) is 0 Å². The second kappa shape index (κ2) is 8.41. The van der Waals surface area contributed by atoms with Crippen LogP contribution in [0.25, 0.3) is 0 Å². The quantitative estimate of drug-likeness (QED) is 0.592. The number of amides is 1. The van der Waals surface area contributed by atoms with Crippen LogP contribution in [0.1, 0.15) is 29.0 Å². The lowest BCUT2D eigenvalue weighted by Crippen LogP contribution is -2.41. The highest BCUT2D eigenvalue weighted by molar-refractivity contribution is 7.89. The maximum absolute atomic E-state index is 13.4. The Balaban J connectivity index is 1.54. The van der Waals surface area contributed by atoms with Crippen molar-refractivity contribution in [3.8, 4) is 0 Å². The molecule has 1 aromatic heterocycles. The zero-order valence-electron chi connectivity index (χ0n) is 16.8. The number of hydrogen-bond donors (Lipinski definition) is 2. The molecule has 2 heterocycles. The number of sulfonamides is 1. The molecule has 0 bridgehead atoms. The number of carbonyl (C=O) groups excluding carboxylic acids is 1. The molecule has 2 aromatic carbocycles. The fourth-order valence-electron chi connectivity index (χ4n) is 3.88. The predicted molar refractivity (Wildman–Crippen MR) is 119 cm³/mol. The standard InChI is InChI=1S/C22H22FN3O3S2/c1-14-11-16-12-18(31(24,28)29)8-9-19(16)26(14)13-21(27)25-22(20-3-2-10-30-20)15-4-6-17(23)7-5-15/h2-10,12,14,22H,11,13H2,1H3,(H,25,27)(H2,24,28,29)/t14-,22+/m0/s1. The number of halogens is 1. The monoisotopic (exact) mass is 459 g/mol. The molecule has 0 fully saturated rings. The highest BCUT2D eigenvalue weighted by atomic mass is 32.2. The fraction of sp³-hybridized carbons (Fsp3) is 0.227. The summed E-state index contributed by atoms with van der Waals surface area (Å²) in [5.41, 5.74) is 2.47. The normalized spacial score (nSPS) is 16.7. The molecule has 2 atom stereocenters. The summed E-state index contributed by atoms with van der Waals surface area (Å²) in [6, 6.07) is 14.3. The molecule has 3 aromatic rings. The highest BCUT2D eigenvalue weighted by Crippen LogP contribution is 2.33. The van der Waals surface area contributed by atoms with E-state index in [1.807, 2.05) is 29.3 Å². The number of carbonyl (C=O) groups is 1. The van der Waals surface area contributed by atoms with E-state index in [1.54, 1.807) is 24.3 Å². The summed E-state index contributed by atoms with van der Waals surface area (Å²) >= 11 is 1.52. The smallest absolute Gasteiger partial charge is 0.240 e. The van der Waals surface area contributed by atoms with Crippen LogP contribution in [-0.4, -0.2) is 26.9 Å². The van der Waals surface area contributed by atoms with Gasteiger partial charge in [0.15, 0.2) is 0 Å². The van der Waals surface area contributed by atoms with Gasteiger partial charge in [0.25, 0.3) is 0 Å². The molecule has 6 nitrogen and oxygen atoms in total. The van der Waals surface area contributed by atoms with Crippen molar-refractivity contribution in [2.75, 3.05) is 11.4 Å². The second-order valence-electron chi connectivity index (χ2n) is 7.58. The number of nitrogens with one attached hydrogen (secondary N) is 1. The topological polar surface area (TPSA) is 92.5 Å². The molecule has 0 saturated heterocycles. The number of anilines is 1. The van der Waals surface area contributed by atoms with Crippen LogP contribution < -0.4 is 15.4 Å². The number of rotatable bonds is 6. The van der Waals surface area contributed by atoms with Gasteiger partial charge in [-0.05, 0) is 66.2 Å². The van der Waals surface area contributed by atoms with Crippen LogP contribution in [0.5, 0.6) is 0 Å². The van der Waals surface area contributed by atoms with Gasteiger partial charge in [0.2, 0.25) is 15.9 Å². The van der Waals surface area contributed by atoms with E-state index in [-0.39, 0.29) is 35.2 Å². The minimum Gasteiger partial charge on any atom is -0.359 e. The van der Waals surface area contributed by atoms with E-state index >= 15 is 0 Å². The van der Waals surface area contributed by atoms with Crippen LogP contribution in [-0.2, 0) is 21.2 Å². The van der Waals surface area contributed by atoms with Crippen molar-refractivity contribution in [2.45, 2.75) is 30.3 Å². The number of primary sulfonamides is 1. The average molecular weight is 460 g/mol. The van der Waals surface area contributed by atoms with E-state index in [0.717, 1.165) is 21.7 Å². The Morgan fingerprint density at radius 3 is 2.65 bits per heavy atom. The zero-order chi connectivity index (χ0) is 22.2. The molecule has 4 rings (SSSR count). The fourth-order valence-corrected chi connectivity index (χ4v) is 5.25. The van der Waals surface area contributed by atoms with Gasteiger partial charge in [0.05, 0.1) is 17.5 Å². The highest BCUT2D eigenvalue weighted by Gasteiger charge is 2.29. The minimum atomic E-state index is -3.78. The Bertz CT molecular complexity index is 1200. The van der Waals surface area contributed by atoms with Crippen molar-refractivity contribution in [2.24, 2.45) is 5.14 Å². The SMILES string of the molecule is C[C@H]1Cc2cc(S(N)(=O)=O)ccc2N1CC(=O)N[C@H](c1ccc(F)cc1)c1cccs1. The van der Waals surface area contributed by atoms with Crippen molar-refractivity contribution in [1.82, 2.24) is 5.32 Å². The lowest BCUT2D eigenvalue weighted by atomic mass is 10.1. The van der Waals surface area contributed by atoms with Crippen LogP contribution in [0.4, 0.5) is 10.1 Å². The van der Waals surface area contributed by atoms with Crippen LogP contribution in [0, 0.1) is 5.82 Å². The van der Waals surface area contributed by atoms with Gasteiger partial charge >= 0.3 is 0 Å². The molecular weight excluding hydrogens is 437 g/mol.